The molecule has 1 amide bonds. The number of rotatable bonds is 6. The number of thiophene rings is 1. The molecule has 0 radical (unpaired) electrons. The van der Waals surface area contributed by atoms with Gasteiger partial charge in [-0.3, -0.25) is 9.59 Å². The molecule has 0 atom stereocenters. The van der Waals surface area contributed by atoms with Gasteiger partial charge in [0.2, 0.25) is 0 Å². The van der Waals surface area contributed by atoms with Crippen molar-refractivity contribution in [1.82, 2.24) is 9.55 Å². The van der Waals surface area contributed by atoms with Gasteiger partial charge in [0.1, 0.15) is 11.6 Å². The van der Waals surface area contributed by atoms with Gasteiger partial charge >= 0.3 is 5.97 Å². The Morgan fingerprint density at radius 2 is 2.04 bits per heavy atom. The van der Waals surface area contributed by atoms with Gasteiger partial charge in [-0.1, -0.05) is 6.07 Å². The van der Waals surface area contributed by atoms with E-state index in [0.717, 1.165) is 17.1 Å². The Kier molecular flexibility index (Phi) is 5.71. The Balaban J connectivity index is 1.89. The minimum absolute atomic E-state index is 0.133. The monoisotopic (exact) mass is 417 g/mol. The molecule has 6 nitrogen and oxygen atoms in total. The van der Waals surface area contributed by atoms with E-state index in [4.69, 9.17) is 10.5 Å². The maximum absolute atomic E-state index is 12.0. The van der Waals surface area contributed by atoms with Gasteiger partial charge in [-0.05, 0) is 45.2 Å². The van der Waals surface area contributed by atoms with Crippen molar-refractivity contribution in [1.29, 1.82) is 0 Å². The highest BCUT2D eigenvalue weighted by Crippen LogP contribution is 2.29. The number of carbonyl (C=O) groups excluding carboxylic acids is 2. The topological polar surface area (TPSA) is 87.2 Å². The van der Waals surface area contributed by atoms with Gasteiger partial charge in [-0.25, -0.2) is 4.98 Å². The molecule has 0 aliphatic heterocycles. The first kappa shape index (κ1) is 20.3. The lowest BCUT2D eigenvalue weighted by atomic mass is 9.97. The summed E-state index contributed by atoms with van der Waals surface area (Å²) in [5.41, 5.74) is 7.85. The predicted octanol–water partition coefficient (Wildman–Crippen LogP) is 4.22. The maximum Gasteiger partial charge on any atom is 0.311 e. The summed E-state index contributed by atoms with van der Waals surface area (Å²) in [6.45, 7) is 8.10. The SMILES string of the molecule is Cc1c(C(N)=O)cc(-c2csc(COC(=O)C(C)(C)C)n2)n1Cc1cccs1. The second-order valence-corrected chi connectivity index (χ2v) is 9.49. The number of nitrogens with zero attached hydrogens (tertiary/aromatic N) is 2. The highest BCUT2D eigenvalue weighted by atomic mass is 32.1. The van der Waals surface area contributed by atoms with Crippen molar-refractivity contribution in [2.24, 2.45) is 11.1 Å². The number of amides is 1. The van der Waals surface area contributed by atoms with Crippen molar-refractivity contribution < 1.29 is 14.3 Å². The molecular weight excluding hydrogens is 394 g/mol. The summed E-state index contributed by atoms with van der Waals surface area (Å²) in [6.07, 6.45) is 0. The van der Waals surface area contributed by atoms with E-state index < -0.39 is 11.3 Å². The zero-order valence-corrected chi connectivity index (χ0v) is 17.9. The molecule has 3 aromatic heterocycles. The van der Waals surface area contributed by atoms with Crippen molar-refractivity contribution in [3.05, 3.63) is 50.1 Å². The van der Waals surface area contributed by atoms with Crippen molar-refractivity contribution in [3.63, 3.8) is 0 Å². The van der Waals surface area contributed by atoms with Crippen LogP contribution in [-0.4, -0.2) is 21.4 Å². The molecule has 3 aromatic rings. The average Bonchev–Trinajstić information content (AvgIpc) is 3.34. The number of nitrogens with two attached hydrogens (primary N) is 1. The molecule has 0 spiro atoms. The number of ether oxygens (including phenoxy) is 1. The third-order valence-electron chi connectivity index (χ3n) is 4.28. The third-order valence-corrected chi connectivity index (χ3v) is 5.96. The number of thiazole rings is 1. The number of esters is 1. The van der Waals surface area contributed by atoms with Gasteiger partial charge in [0.15, 0.2) is 0 Å². The van der Waals surface area contributed by atoms with Gasteiger partial charge in [-0.15, -0.1) is 22.7 Å². The van der Waals surface area contributed by atoms with E-state index in [1.807, 2.05) is 49.1 Å². The number of hydrogen-bond acceptors (Lipinski definition) is 6. The van der Waals surface area contributed by atoms with E-state index in [1.165, 1.54) is 16.2 Å². The molecule has 0 unspecified atom stereocenters. The Hall–Kier alpha value is -2.45. The molecule has 0 bridgehead atoms. The number of carbonyl (C=O) groups is 2. The van der Waals surface area contributed by atoms with Gasteiger partial charge in [0.25, 0.3) is 5.91 Å². The van der Waals surface area contributed by atoms with Gasteiger partial charge in [0.05, 0.1) is 28.9 Å². The summed E-state index contributed by atoms with van der Waals surface area (Å²) >= 11 is 3.08. The molecule has 0 saturated heterocycles. The van der Waals surface area contributed by atoms with Crippen LogP contribution in [0.3, 0.4) is 0 Å². The first-order valence-electron chi connectivity index (χ1n) is 8.81. The minimum atomic E-state index is -0.553. The van der Waals surface area contributed by atoms with Gasteiger partial charge in [-0.2, -0.15) is 0 Å². The van der Waals surface area contributed by atoms with Crippen molar-refractivity contribution in [2.45, 2.75) is 40.8 Å². The molecule has 8 heteroatoms. The number of aromatic nitrogens is 2. The molecule has 0 aliphatic carbocycles. The van der Waals surface area contributed by atoms with Crippen LogP contribution in [0.4, 0.5) is 0 Å². The second-order valence-electron chi connectivity index (χ2n) is 7.51. The molecule has 2 N–H and O–H groups in total. The van der Waals surface area contributed by atoms with Crippen LogP contribution >= 0.6 is 22.7 Å². The lowest BCUT2D eigenvalue weighted by molar-refractivity contribution is -0.154. The standard InChI is InChI=1S/C20H23N3O3S2/c1-12-14(18(21)24)8-16(23(12)9-13-6-5-7-27-13)15-11-28-17(22-15)10-26-19(25)20(2,3)4/h5-8,11H,9-10H2,1-4H3,(H2,21,24). The highest BCUT2D eigenvalue weighted by molar-refractivity contribution is 7.10. The lowest BCUT2D eigenvalue weighted by Gasteiger charge is -2.15. The number of primary amides is 1. The fourth-order valence-corrected chi connectivity index (χ4v) is 4.10. The van der Waals surface area contributed by atoms with Gasteiger partial charge < -0.3 is 15.0 Å². The zero-order valence-electron chi connectivity index (χ0n) is 16.3. The van der Waals surface area contributed by atoms with Crippen molar-refractivity contribution >= 4 is 34.6 Å². The van der Waals surface area contributed by atoms with Crippen LogP contribution in [0.2, 0.25) is 0 Å². The fourth-order valence-electron chi connectivity index (χ4n) is 2.71. The van der Waals surface area contributed by atoms with Crippen molar-refractivity contribution in [2.75, 3.05) is 0 Å². The summed E-state index contributed by atoms with van der Waals surface area (Å²) in [4.78, 5) is 29.6. The molecule has 0 aromatic carbocycles. The average molecular weight is 418 g/mol. The Morgan fingerprint density at radius 3 is 2.64 bits per heavy atom. The van der Waals surface area contributed by atoms with E-state index in [1.54, 1.807) is 17.4 Å². The van der Waals surface area contributed by atoms with Crippen LogP contribution in [-0.2, 0) is 22.7 Å². The quantitative estimate of drug-likeness (QED) is 0.608. The zero-order chi connectivity index (χ0) is 20.5. The third kappa shape index (κ3) is 4.34. The van der Waals surface area contributed by atoms with E-state index >= 15 is 0 Å². The Morgan fingerprint density at radius 1 is 1.29 bits per heavy atom. The molecule has 0 saturated carbocycles. The molecule has 0 fully saturated rings. The molecule has 148 valence electrons. The predicted molar refractivity (Wildman–Crippen MR) is 111 cm³/mol. The highest BCUT2D eigenvalue weighted by Gasteiger charge is 2.24. The first-order chi connectivity index (χ1) is 13.2. The van der Waals surface area contributed by atoms with E-state index in [0.29, 0.717) is 17.1 Å². The molecule has 3 rings (SSSR count). The summed E-state index contributed by atoms with van der Waals surface area (Å²) in [6, 6.07) is 5.83. The summed E-state index contributed by atoms with van der Waals surface area (Å²) in [7, 11) is 0. The van der Waals surface area contributed by atoms with Crippen LogP contribution < -0.4 is 5.73 Å². The van der Waals surface area contributed by atoms with Crippen LogP contribution in [0, 0.1) is 12.3 Å². The largest absolute Gasteiger partial charge is 0.458 e. The van der Waals surface area contributed by atoms with Crippen LogP contribution in [0.5, 0.6) is 0 Å². The lowest BCUT2D eigenvalue weighted by Crippen LogP contribution is -2.22. The van der Waals surface area contributed by atoms with Crippen LogP contribution in [0.15, 0.2) is 29.0 Å². The smallest absolute Gasteiger partial charge is 0.311 e. The normalized spacial score (nSPS) is 11.6. The fraction of sp³-hybridized carbons (Fsp3) is 0.350. The van der Waals surface area contributed by atoms with Crippen LogP contribution in [0.25, 0.3) is 11.4 Å². The second kappa shape index (κ2) is 7.89. The first-order valence-corrected chi connectivity index (χ1v) is 10.6. The maximum atomic E-state index is 12.0. The van der Waals surface area contributed by atoms with Gasteiger partial charge in [0, 0.05) is 16.0 Å². The molecule has 3 heterocycles. The molecular formula is C20H23N3O3S2. The molecule has 28 heavy (non-hydrogen) atoms. The summed E-state index contributed by atoms with van der Waals surface area (Å²) in [5.74, 6) is -0.726. The Labute approximate surface area is 172 Å². The Bertz CT molecular complexity index is 995. The van der Waals surface area contributed by atoms with E-state index in [-0.39, 0.29) is 12.6 Å². The van der Waals surface area contributed by atoms with E-state index in [2.05, 4.69) is 11.1 Å². The number of hydrogen-bond donors (Lipinski definition) is 1. The van der Waals surface area contributed by atoms with Crippen LogP contribution in [0.1, 0.15) is 46.7 Å². The molecule has 0 aliphatic rings. The van der Waals surface area contributed by atoms with Crippen molar-refractivity contribution in [3.8, 4) is 11.4 Å². The summed E-state index contributed by atoms with van der Waals surface area (Å²) < 4.78 is 7.40. The van der Waals surface area contributed by atoms with E-state index in [9.17, 15) is 9.59 Å². The summed E-state index contributed by atoms with van der Waals surface area (Å²) in [5, 5.41) is 4.63. The minimum Gasteiger partial charge on any atom is -0.458 e.